The van der Waals surface area contributed by atoms with Gasteiger partial charge in [-0.2, -0.15) is 0 Å². The lowest BCUT2D eigenvalue weighted by atomic mass is 9.89. The maximum atomic E-state index is 12.2. The van der Waals surface area contributed by atoms with Crippen LogP contribution in [-0.4, -0.2) is 25.4 Å². The molecular formula is C21H19N5O. The largest absolute Gasteiger partial charge is 0.338 e. The number of H-pyrrole nitrogens is 1. The van der Waals surface area contributed by atoms with Gasteiger partial charge in [0.05, 0.1) is 23.3 Å². The monoisotopic (exact) mass is 357 g/mol. The first kappa shape index (κ1) is 15.8. The van der Waals surface area contributed by atoms with E-state index in [9.17, 15) is 4.79 Å². The summed E-state index contributed by atoms with van der Waals surface area (Å²) in [4.78, 5) is 24.4. The van der Waals surface area contributed by atoms with Crippen LogP contribution in [0.15, 0.2) is 55.1 Å². The minimum absolute atomic E-state index is 0.0722. The summed E-state index contributed by atoms with van der Waals surface area (Å²) >= 11 is 0. The van der Waals surface area contributed by atoms with Gasteiger partial charge in [0.15, 0.2) is 0 Å². The van der Waals surface area contributed by atoms with Gasteiger partial charge in [-0.3, -0.25) is 4.79 Å². The minimum atomic E-state index is -0.106. The third-order valence-electron chi connectivity index (χ3n) is 5.14. The molecule has 1 atom stereocenters. The molecule has 4 aromatic rings. The molecule has 134 valence electrons. The lowest BCUT2D eigenvalue weighted by Gasteiger charge is -2.12. The highest BCUT2D eigenvalue weighted by molar-refractivity contribution is 6.05. The molecule has 1 aliphatic rings. The van der Waals surface area contributed by atoms with Gasteiger partial charge in [0.2, 0.25) is 5.91 Å². The number of amides is 1. The SMILES string of the molecule is CC(C)C1C(=O)Nc2cc3nc(-c4ccc(-n5ccnc5)cc4)[nH]c3cc21. The Labute approximate surface area is 156 Å². The molecule has 1 aliphatic heterocycles. The zero-order valence-corrected chi connectivity index (χ0v) is 15.1. The summed E-state index contributed by atoms with van der Waals surface area (Å²) in [6, 6.07) is 12.2. The van der Waals surface area contributed by atoms with Gasteiger partial charge in [-0.25, -0.2) is 9.97 Å². The molecule has 2 aromatic heterocycles. The van der Waals surface area contributed by atoms with Gasteiger partial charge >= 0.3 is 0 Å². The van der Waals surface area contributed by atoms with E-state index in [0.717, 1.165) is 39.4 Å². The molecule has 27 heavy (non-hydrogen) atoms. The number of carbonyl (C=O) groups is 1. The lowest BCUT2D eigenvalue weighted by Crippen LogP contribution is -2.16. The quantitative estimate of drug-likeness (QED) is 0.579. The van der Waals surface area contributed by atoms with E-state index in [1.807, 2.05) is 41.1 Å². The van der Waals surface area contributed by atoms with Gasteiger partial charge in [0.25, 0.3) is 0 Å². The molecule has 5 rings (SSSR count). The van der Waals surface area contributed by atoms with Crippen molar-refractivity contribution in [2.75, 3.05) is 5.32 Å². The summed E-state index contributed by atoms with van der Waals surface area (Å²) in [5.74, 6) is 1.04. The molecule has 0 saturated carbocycles. The molecule has 0 radical (unpaired) electrons. The molecular weight excluding hydrogens is 338 g/mol. The van der Waals surface area contributed by atoms with Crippen molar-refractivity contribution in [3.05, 3.63) is 60.7 Å². The second kappa shape index (κ2) is 5.81. The van der Waals surface area contributed by atoms with Gasteiger partial charge in [0.1, 0.15) is 5.82 Å². The molecule has 6 nitrogen and oxygen atoms in total. The number of rotatable bonds is 3. The molecule has 1 amide bonds. The average molecular weight is 357 g/mol. The van der Waals surface area contributed by atoms with Gasteiger partial charge in [-0.05, 0) is 47.9 Å². The van der Waals surface area contributed by atoms with E-state index in [-0.39, 0.29) is 17.7 Å². The van der Waals surface area contributed by atoms with Crippen molar-refractivity contribution in [2.24, 2.45) is 5.92 Å². The standard InChI is InChI=1S/C21H19N5O/c1-12(2)19-15-9-17-18(10-16(15)25-21(19)27)24-20(23-17)13-3-5-14(6-4-13)26-8-7-22-11-26/h3-12,19H,1-2H3,(H,23,24)(H,25,27). The number of imidazole rings is 2. The lowest BCUT2D eigenvalue weighted by molar-refractivity contribution is -0.117. The van der Waals surface area contributed by atoms with E-state index in [0.29, 0.717) is 0 Å². The predicted molar refractivity (Wildman–Crippen MR) is 105 cm³/mol. The molecule has 0 saturated heterocycles. The van der Waals surface area contributed by atoms with E-state index in [1.54, 1.807) is 12.5 Å². The molecule has 0 aliphatic carbocycles. The molecule has 6 heteroatoms. The number of nitrogens with zero attached hydrogens (tertiary/aromatic N) is 3. The highest BCUT2D eigenvalue weighted by Gasteiger charge is 2.33. The van der Waals surface area contributed by atoms with Crippen LogP contribution in [0, 0.1) is 5.92 Å². The van der Waals surface area contributed by atoms with Crippen molar-refractivity contribution >= 4 is 22.6 Å². The molecule has 2 aromatic carbocycles. The van der Waals surface area contributed by atoms with Gasteiger partial charge < -0.3 is 14.9 Å². The van der Waals surface area contributed by atoms with Crippen molar-refractivity contribution < 1.29 is 4.79 Å². The second-order valence-electron chi connectivity index (χ2n) is 7.27. The first-order valence-corrected chi connectivity index (χ1v) is 9.03. The molecule has 0 spiro atoms. The summed E-state index contributed by atoms with van der Waals surface area (Å²) in [6.07, 6.45) is 5.45. The summed E-state index contributed by atoms with van der Waals surface area (Å²) in [5.41, 5.74) is 5.79. The van der Waals surface area contributed by atoms with Crippen molar-refractivity contribution in [3.63, 3.8) is 0 Å². The Morgan fingerprint density at radius 2 is 1.96 bits per heavy atom. The normalized spacial score (nSPS) is 16.1. The molecule has 0 bridgehead atoms. The topological polar surface area (TPSA) is 75.6 Å². The number of benzene rings is 2. The Bertz CT molecular complexity index is 1140. The first-order valence-electron chi connectivity index (χ1n) is 9.03. The Hall–Kier alpha value is -3.41. The minimum Gasteiger partial charge on any atom is -0.338 e. The summed E-state index contributed by atoms with van der Waals surface area (Å²) in [5, 5.41) is 2.99. The fraction of sp³-hybridized carbons (Fsp3) is 0.190. The Morgan fingerprint density at radius 1 is 1.15 bits per heavy atom. The number of aromatic amines is 1. The maximum Gasteiger partial charge on any atom is 0.232 e. The smallest absolute Gasteiger partial charge is 0.232 e. The van der Waals surface area contributed by atoms with E-state index < -0.39 is 0 Å². The molecule has 2 N–H and O–H groups in total. The molecule has 0 fully saturated rings. The summed E-state index contributed by atoms with van der Waals surface area (Å²) in [6.45, 7) is 4.15. The Balaban J connectivity index is 1.53. The van der Waals surface area contributed by atoms with Crippen molar-refractivity contribution in [1.29, 1.82) is 0 Å². The fourth-order valence-corrected chi connectivity index (χ4v) is 3.79. The van der Waals surface area contributed by atoms with Crippen LogP contribution in [0.4, 0.5) is 5.69 Å². The number of aromatic nitrogens is 4. The van der Waals surface area contributed by atoms with Crippen LogP contribution in [0.25, 0.3) is 28.1 Å². The Kier molecular flexibility index (Phi) is 3.40. The number of hydrogen-bond donors (Lipinski definition) is 2. The van der Waals surface area contributed by atoms with Crippen molar-refractivity contribution in [2.45, 2.75) is 19.8 Å². The Morgan fingerprint density at radius 3 is 2.67 bits per heavy atom. The fourth-order valence-electron chi connectivity index (χ4n) is 3.79. The number of hydrogen-bond acceptors (Lipinski definition) is 3. The van der Waals surface area contributed by atoms with Crippen LogP contribution < -0.4 is 5.32 Å². The van der Waals surface area contributed by atoms with Crippen LogP contribution in [0.3, 0.4) is 0 Å². The van der Waals surface area contributed by atoms with Crippen molar-refractivity contribution in [3.8, 4) is 17.1 Å². The zero-order valence-electron chi connectivity index (χ0n) is 15.1. The van der Waals surface area contributed by atoms with Crippen LogP contribution in [0.1, 0.15) is 25.3 Å². The van der Waals surface area contributed by atoms with Gasteiger partial charge in [-0.1, -0.05) is 13.8 Å². The van der Waals surface area contributed by atoms with E-state index >= 15 is 0 Å². The van der Waals surface area contributed by atoms with Crippen LogP contribution in [-0.2, 0) is 4.79 Å². The van der Waals surface area contributed by atoms with Crippen molar-refractivity contribution in [1.82, 2.24) is 19.5 Å². The van der Waals surface area contributed by atoms with E-state index in [1.165, 1.54) is 0 Å². The van der Waals surface area contributed by atoms with E-state index in [4.69, 9.17) is 4.98 Å². The number of carbonyl (C=O) groups excluding carboxylic acids is 1. The maximum absolute atomic E-state index is 12.2. The third kappa shape index (κ3) is 2.52. The first-order chi connectivity index (χ1) is 13.1. The van der Waals surface area contributed by atoms with Crippen LogP contribution in [0.2, 0.25) is 0 Å². The van der Waals surface area contributed by atoms with Gasteiger partial charge in [0, 0.05) is 29.3 Å². The molecule has 1 unspecified atom stereocenters. The van der Waals surface area contributed by atoms with Crippen LogP contribution in [0.5, 0.6) is 0 Å². The van der Waals surface area contributed by atoms with E-state index in [2.05, 4.69) is 35.2 Å². The van der Waals surface area contributed by atoms with Crippen LogP contribution >= 0.6 is 0 Å². The average Bonchev–Trinajstić information content (AvgIpc) is 3.37. The predicted octanol–water partition coefficient (Wildman–Crippen LogP) is 4.11. The second-order valence-corrected chi connectivity index (χ2v) is 7.27. The summed E-state index contributed by atoms with van der Waals surface area (Å²) < 4.78 is 1.96. The highest BCUT2D eigenvalue weighted by atomic mass is 16.2. The number of anilines is 1. The highest BCUT2D eigenvalue weighted by Crippen LogP contribution is 2.39. The zero-order chi connectivity index (χ0) is 18.5. The van der Waals surface area contributed by atoms with Gasteiger partial charge in [-0.15, -0.1) is 0 Å². The third-order valence-corrected chi connectivity index (χ3v) is 5.14. The summed E-state index contributed by atoms with van der Waals surface area (Å²) in [7, 11) is 0. The number of fused-ring (bicyclic) bond motifs is 2. The molecule has 3 heterocycles. The number of nitrogens with one attached hydrogen (secondary N) is 2.